The van der Waals surface area contributed by atoms with Gasteiger partial charge in [-0.1, -0.05) is 41.0 Å². The molecule has 3 heterocycles. The molecule has 1 aromatic rings. The van der Waals surface area contributed by atoms with E-state index in [0.29, 0.717) is 25.1 Å². The van der Waals surface area contributed by atoms with Crippen LogP contribution in [0.25, 0.3) is 6.08 Å². The van der Waals surface area contributed by atoms with Crippen LogP contribution in [0, 0.1) is 17.3 Å². The third-order valence-corrected chi connectivity index (χ3v) is 8.97. The van der Waals surface area contributed by atoms with Crippen molar-refractivity contribution >= 4 is 35.1 Å². The average molecular weight is 565 g/mol. The Morgan fingerprint density at radius 3 is 2.64 bits per heavy atom. The van der Waals surface area contributed by atoms with E-state index in [2.05, 4.69) is 10.3 Å². The van der Waals surface area contributed by atoms with Gasteiger partial charge in [-0.25, -0.2) is 4.98 Å². The van der Waals surface area contributed by atoms with Crippen LogP contribution in [0.15, 0.2) is 11.0 Å². The van der Waals surface area contributed by atoms with Crippen molar-refractivity contribution in [3.8, 4) is 0 Å². The molecule has 0 bridgehead atoms. The number of Topliss-reactive ketones (excluding diaryl/α,β-unsaturated/α-hetero) is 1. The number of esters is 1. The second-order valence-electron chi connectivity index (χ2n) is 11.6. The lowest BCUT2D eigenvalue weighted by molar-refractivity contribution is -0.154. The number of fused-ring (bicyclic) bond motifs is 1. The molecular weight excluding hydrogens is 520 g/mol. The van der Waals surface area contributed by atoms with E-state index in [-0.39, 0.29) is 36.2 Å². The Balaban J connectivity index is 1.77. The summed E-state index contributed by atoms with van der Waals surface area (Å²) in [4.78, 5) is 42.3. The molecule has 9 nitrogen and oxygen atoms in total. The van der Waals surface area contributed by atoms with Crippen molar-refractivity contribution in [2.75, 3.05) is 0 Å². The number of ether oxygens (including phenoxy) is 2. The summed E-state index contributed by atoms with van der Waals surface area (Å²) in [5.74, 6) is -1.67. The Morgan fingerprint density at radius 1 is 1.23 bits per heavy atom. The van der Waals surface area contributed by atoms with Gasteiger partial charge in [0, 0.05) is 24.1 Å². The minimum atomic E-state index is -1.26. The highest BCUT2D eigenvalue weighted by molar-refractivity contribution is 7.09. The molecule has 0 radical (unpaired) electrons. The Hall–Kier alpha value is -2.14. The Kier molecular flexibility index (Phi) is 10.8. The number of aliphatic hydroxyl groups is 2. The van der Waals surface area contributed by atoms with Crippen molar-refractivity contribution in [1.29, 1.82) is 0 Å². The van der Waals surface area contributed by atoms with E-state index < -0.39 is 35.6 Å². The maximum absolute atomic E-state index is 13.2. The number of amides is 1. The average Bonchev–Trinajstić information content (AvgIpc) is 3.47. The lowest BCUT2D eigenvalue weighted by atomic mass is 9.73. The highest BCUT2D eigenvalue weighted by Crippen LogP contribution is 2.36. The van der Waals surface area contributed by atoms with Crippen LogP contribution in [0.5, 0.6) is 0 Å². The van der Waals surface area contributed by atoms with Gasteiger partial charge in [-0.2, -0.15) is 0 Å². The highest BCUT2D eigenvalue weighted by Gasteiger charge is 2.44. The van der Waals surface area contributed by atoms with Crippen LogP contribution in [0.1, 0.15) is 90.8 Å². The van der Waals surface area contributed by atoms with E-state index in [9.17, 15) is 24.6 Å². The number of aliphatic hydroxyl groups excluding tert-OH is 2. The first-order valence-corrected chi connectivity index (χ1v) is 14.9. The number of hydrogen-bond donors (Lipinski definition) is 3. The van der Waals surface area contributed by atoms with Crippen molar-refractivity contribution in [2.24, 2.45) is 17.3 Å². The van der Waals surface area contributed by atoms with Gasteiger partial charge < -0.3 is 25.0 Å². The minimum absolute atomic E-state index is 0.0393. The largest absolute Gasteiger partial charge is 0.458 e. The van der Waals surface area contributed by atoms with Gasteiger partial charge in [0.05, 0.1) is 48.5 Å². The summed E-state index contributed by atoms with van der Waals surface area (Å²) >= 11 is 1.44. The molecule has 1 amide bonds. The molecule has 0 aliphatic carbocycles. The zero-order valence-electron chi connectivity index (χ0n) is 23.9. The van der Waals surface area contributed by atoms with Crippen molar-refractivity contribution in [3.05, 3.63) is 21.7 Å². The number of carbonyl (C=O) groups is 3. The van der Waals surface area contributed by atoms with E-state index in [4.69, 9.17) is 9.47 Å². The topological polar surface area (TPSA) is 138 Å². The minimum Gasteiger partial charge on any atom is -0.458 e. The fourth-order valence-corrected chi connectivity index (χ4v) is 5.80. The van der Waals surface area contributed by atoms with Gasteiger partial charge in [0.1, 0.15) is 16.9 Å². The molecule has 2 aliphatic heterocycles. The van der Waals surface area contributed by atoms with Crippen molar-refractivity contribution in [2.45, 2.75) is 117 Å². The van der Waals surface area contributed by atoms with Gasteiger partial charge >= 0.3 is 5.97 Å². The van der Waals surface area contributed by atoms with Crippen molar-refractivity contribution in [1.82, 2.24) is 10.3 Å². The summed E-state index contributed by atoms with van der Waals surface area (Å²) in [5.41, 5.74) is 0.275. The number of carbonyl (C=O) groups excluding carboxylic acids is 3. The molecule has 3 N–H and O–H groups in total. The molecule has 3 rings (SSSR count). The Morgan fingerprint density at radius 2 is 1.95 bits per heavy atom. The standard InChI is InChI=1S/C29H44N2O7S/c1-7-24(33)30-14-25-31-19(15-39-25)11-17(3)21-12-22-20(37-22)10-8-9-16(2)27(35)18(4)28(36)29(5,6)23(32)13-26(34)38-21/h11,15-16,18,20-23,27,32,35H,7-10,12-14H2,1-6H3,(H,30,33). The molecule has 0 spiro atoms. The Bertz CT molecular complexity index is 1050. The number of epoxide rings is 1. The van der Waals surface area contributed by atoms with Crippen molar-refractivity contribution < 1.29 is 34.1 Å². The third kappa shape index (κ3) is 8.42. The molecule has 7 atom stereocenters. The van der Waals surface area contributed by atoms with E-state index in [1.165, 1.54) is 11.3 Å². The first-order chi connectivity index (χ1) is 18.3. The normalized spacial score (nSPS) is 32.7. The molecule has 2 aliphatic rings. The van der Waals surface area contributed by atoms with Gasteiger partial charge in [-0.3, -0.25) is 14.4 Å². The molecular formula is C29H44N2O7S. The molecule has 10 heteroatoms. The monoisotopic (exact) mass is 564 g/mol. The van der Waals surface area contributed by atoms with Crippen LogP contribution >= 0.6 is 11.3 Å². The molecule has 1 aromatic heterocycles. The van der Waals surface area contributed by atoms with Gasteiger partial charge in [-0.05, 0) is 37.3 Å². The van der Waals surface area contributed by atoms with Crippen LogP contribution in [0.3, 0.4) is 0 Å². The van der Waals surface area contributed by atoms with Gasteiger partial charge in [0.25, 0.3) is 0 Å². The van der Waals surface area contributed by atoms with Gasteiger partial charge in [0.15, 0.2) is 0 Å². The van der Waals surface area contributed by atoms with Crippen LogP contribution in [-0.2, 0) is 30.4 Å². The number of rotatable bonds is 5. The van der Waals surface area contributed by atoms with Gasteiger partial charge in [-0.15, -0.1) is 11.3 Å². The van der Waals surface area contributed by atoms with Crippen LogP contribution < -0.4 is 5.32 Å². The van der Waals surface area contributed by atoms with Crippen LogP contribution in [-0.4, -0.2) is 63.4 Å². The summed E-state index contributed by atoms with van der Waals surface area (Å²) in [6, 6.07) is 0. The van der Waals surface area contributed by atoms with Crippen LogP contribution in [0.4, 0.5) is 0 Å². The second-order valence-corrected chi connectivity index (χ2v) is 12.5. The predicted octanol–water partition coefficient (Wildman–Crippen LogP) is 3.81. The zero-order valence-corrected chi connectivity index (χ0v) is 24.8. The summed E-state index contributed by atoms with van der Waals surface area (Å²) in [7, 11) is 0. The van der Waals surface area contributed by atoms with Gasteiger partial charge in [0.2, 0.25) is 5.91 Å². The molecule has 2 saturated heterocycles. The maximum atomic E-state index is 13.2. The molecule has 2 fully saturated rings. The fourth-order valence-electron chi connectivity index (χ4n) is 5.11. The number of cyclic esters (lactones) is 1. The van der Waals surface area contributed by atoms with Crippen molar-refractivity contribution in [3.63, 3.8) is 0 Å². The van der Waals surface area contributed by atoms with E-state index >= 15 is 0 Å². The first-order valence-electron chi connectivity index (χ1n) is 14.0. The number of nitrogens with one attached hydrogen (secondary N) is 1. The van der Waals surface area contributed by atoms with E-state index in [1.54, 1.807) is 27.7 Å². The van der Waals surface area contributed by atoms with Crippen LogP contribution in [0.2, 0.25) is 0 Å². The quantitative estimate of drug-likeness (QED) is 0.363. The summed E-state index contributed by atoms with van der Waals surface area (Å²) in [6.07, 6.45) is 2.22. The SMILES string of the molecule is CCC(=O)NCc1nc(C=C(C)C2CC3OC3CCCC(C)C(O)C(C)C(=O)C(C)(C)C(O)CC(=O)O2)cs1. The smallest absolute Gasteiger partial charge is 0.309 e. The summed E-state index contributed by atoms with van der Waals surface area (Å²) < 4.78 is 11.8. The maximum Gasteiger partial charge on any atom is 0.309 e. The first kappa shape index (κ1) is 31.4. The summed E-state index contributed by atoms with van der Waals surface area (Å²) in [5, 5.41) is 27.2. The summed E-state index contributed by atoms with van der Waals surface area (Å²) in [6.45, 7) is 10.9. The second kappa shape index (κ2) is 13.5. The predicted molar refractivity (Wildman–Crippen MR) is 149 cm³/mol. The van der Waals surface area contributed by atoms with E-state index in [0.717, 1.165) is 29.8 Å². The number of aromatic nitrogens is 1. The lowest BCUT2D eigenvalue weighted by Crippen LogP contribution is -2.45. The molecule has 0 aromatic carbocycles. The molecule has 218 valence electrons. The number of ketones is 1. The fraction of sp³-hybridized carbons (Fsp3) is 0.724. The number of hydrogen-bond acceptors (Lipinski definition) is 9. The third-order valence-electron chi connectivity index (χ3n) is 8.10. The highest BCUT2D eigenvalue weighted by atomic mass is 32.1. The Labute approximate surface area is 235 Å². The zero-order chi connectivity index (χ0) is 28.9. The number of nitrogens with zero attached hydrogens (tertiary/aromatic N) is 1. The molecule has 39 heavy (non-hydrogen) atoms. The van der Waals surface area contributed by atoms with E-state index in [1.807, 2.05) is 25.3 Å². The number of thiazole rings is 1. The lowest BCUT2D eigenvalue weighted by Gasteiger charge is -2.34. The molecule has 0 saturated carbocycles. The molecule has 7 unspecified atom stereocenters.